The first-order valence-corrected chi connectivity index (χ1v) is 12.6. The van der Waals surface area contributed by atoms with Crippen LogP contribution in [0.25, 0.3) is 0 Å². The highest BCUT2D eigenvalue weighted by molar-refractivity contribution is 7.89. The monoisotopic (exact) mass is 486 g/mol. The average Bonchev–Trinajstić information content (AvgIpc) is 3.03. The summed E-state index contributed by atoms with van der Waals surface area (Å²) >= 11 is 0. The van der Waals surface area contributed by atoms with Crippen molar-refractivity contribution in [1.82, 2.24) is 9.62 Å². The zero-order valence-electron chi connectivity index (χ0n) is 18.9. The molecular formula is C23H26N4O6S. The van der Waals surface area contributed by atoms with Gasteiger partial charge in [-0.25, -0.2) is 13.1 Å². The molecule has 180 valence electrons. The van der Waals surface area contributed by atoms with Gasteiger partial charge in [-0.1, -0.05) is 12.1 Å². The van der Waals surface area contributed by atoms with Gasteiger partial charge in [0.25, 0.3) is 17.5 Å². The van der Waals surface area contributed by atoms with Crippen molar-refractivity contribution in [2.75, 3.05) is 24.5 Å². The Kier molecular flexibility index (Phi) is 6.41. The van der Waals surface area contributed by atoms with Gasteiger partial charge >= 0.3 is 0 Å². The van der Waals surface area contributed by atoms with E-state index in [2.05, 4.69) is 4.72 Å². The number of imide groups is 1. The first-order valence-electron chi connectivity index (χ1n) is 11.1. The third-order valence-electron chi connectivity index (χ3n) is 6.12. The summed E-state index contributed by atoms with van der Waals surface area (Å²) in [5, 5.41) is 11.7. The molecule has 2 aliphatic heterocycles. The first kappa shape index (κ1) is 23.8. The maximum atomic E-state index is 12.6. The van der Waals surface area contributed by atoms with Crippen molar-refractivity contribution in [3.05, 3.63) is 63.7 Å². The highest BCUT2D eigenvalue weighted by Crippen LogP contribution is 2.34. The summed E-state index contributed by atoms with van der Waals surface area (Å²) in [7, 11) is -3.86. The zero-order valence-corrected chi connectivity index (χ0v) is 19.7. The molecule has 0 aromatic heterocycles. The molecule has 34 heavy (non-hydrogen) atoms. The summed E-state index contributed by atoms with van der Waals surface area (Å²) in [4.78, 5) is 39.4. The van der Waals surface area contributed by atoms with E-state index in [1.807, 2.05) is 4.90 Å². The van der Waals surface area contributed by atoms with E-state index in [4.69, 9.17) is 0 Å². The fraction of sp³-hybridized carbons (Fsp3) is 0.391. The number of sulfonamides is 1. The van der Waals surface area contributed by atoms with Crippen LogP contribution in [0.1, 0.15) is 47.4 Å². The Labute approximate surface area is 197 Å². The largest absolute Gasteiger partial charge is 0.366 e. The molecule has 0 radical (unpaired) electrons. The highest BCUT2D eigenvalue weighted by Gasteiger charge is 2.37. The minimum atomic E-state index is -3.86. The number of carbonyl (C=O) groups is 2. The number of hydrogen-bond acceptors (Lipinski definition) is 7. The van der Waals surface area contributed by atoms with Crippen molar-refractivity contribution in [3.8, 4) is 0 Å². The molecule has 0 saturated carbocycles. The molecule has 2 heterocycles. The minimum absolute atomic E-state index is 0.0763. The molecule has 4 rings (SSSR count). The Morgan fingerprint density at radius 3 is 2.18 bits per heavy atom. The molecule has 1 saturated heterocycles. The van der Waals surface area contributed by atoms with Crippen LogP contribution in [0, 0.1) is 16.0 Å². The van der Waals surface area contributed by atoms with Gasteiger partial charge in [-0.05, 0) is 56.9 Å². The van der Waals surface area contributed by atoms with Crippen molar-refractivity contribution in [3.63, 3.8) is 0 Å². The van der Waals surface area contributed by atoms with E-state index in [1.165, 1.54) is 17.0 Å². The van der Waals surface area contributed by atoms with Crippen LogP contribution in [0.4, 0.5) is 11.4 Å². The van der Waals surface area contributed by atoms with Crippen LogP contribution < -0.4 is 9.62 Å². The molecule has 1 N–H and O–H groups in total. The number of carbonyl (C=O) groups excluding carboxylic acids is 2. The number of nitro benzene ring substituents is 1. The molecule has 1 fully saturated rings. The van der Waals surface area contributed by atoms with Crippen LogP contribution in [0.15, 0.2) is 47.4 Å². The van der Waals surface area contributed by atoms with Crippen molar-refractivity contribution in [2.24, 2.45) is 5.92 Å². The first-order chi connectivity index (χ1) is 16.1. The number of amides is 2. The minimum Gasteiger partial charge on any atom is -0.366 e. The molecule has 0 bridgehead atoms. The number of nitrogens with one attached hydrogen (secondary N) is 1. The van der Waals surface area contributed by atoms with E-state index < -0.39 is 14.9 Å². The Balaban J connectivity index is 1.46. The molecule has 0 unspecified atom stereocenters. The molecule has 2 aromatic carbocycles. The number of fused-ring (bicyclic) bond motifs is 1. The third kappa shape index (κ3) is 4.53. The number of anilines is 1. The Bertz CT molecular complexity index is 1220. The lowest BCUT2D eigenvalue weighted by atomic mass is 9.95. The topological polar surface area (TPSA) is 130 Å². The molecule has 0 aliphatic carbocycles. The van der Waals surface area contributed by atoms with Gasteiger partial charge in [0, 0.05) is 31.7 Å². The predicted octanol–water partition coefficient (Wildman–Crippen LogP) is 2.79. The van der Waals surface area contributed by atoms with Crippen LogP contribution in [0.5, 0.6) is 0 Å². The van der Waals surface area contributed by atoms with Gasteiger partial charge in [0.15, 0.2) is 0 Å². The molecular weight excluding hydrogens is 460 g/mol. The van der Waals surface area contributed by atoms with E-state index in [-0.39, 0.29) is 34.4 Å². The lowest BCUT2D eigenvalue weighted by Crippen LogP contribution is -2.41. The van der Waals surface area contributed by atoms with Crippen molar-refractivity contribution in [1.29, 1.82) is 0 Å². The van der Waals surface area contributed by atoms with Gasteiger partial charge in [0.2, 0.25) is 10.0 Å². The fourth-order valence-corrected chi connectivity index (χ4v) is 5.75. The van der Waals surface area contributed by atoms with Gasteiger partial charge in [-0.15, -0.1) is 0 Å². The summed E-state index contributed by atoms with van der Waals surface area (Å²) in [6.07, 6.45) is 1.28. The van der Waals surface area contributed by atoms with Gasteiger partial charge < -0.3 is 4.90 Å². The highest BCUT2D eigenvalue weighted by atomic mass is 32.2. The summed E-state index contributed by atoms with van der Waals surface area (Å²) in [6, 6.07) is 10.4. The molecule has 2 aromatic rings. The smallest absolute Gasteiger partial charge is 0.293 e. The third-order valence-corrected chi connectivity index (χ3v) is 7.78. The van der Waals surface area contributed by atoms with E-state index in [1.54, 1.807) is 38.1 Å². The summed E-state index contributed by atoms with van der Waals surface area (Å²) < 4.78 is 27.3. The fourth-order valence-electron chi connectivity index (χ4n) is 4.48. The van der Waals surface area contributed by atoms with E-state index in [0.29, 0.717) is 49.3 Å². The number of rotatable bonds is 7. The zero-order chi connectivity index (χ0) is 24.6. The number of nitro groups is 1. The second-order valence-corrected chi connectivity index (χ2v) is 10.6. The van der Waals surface area contributed by atoms with E-state index >= 15 is 0 Å². The van der Waals surface area contributed by atoms with Crippen LogP contribution in [-0.2, 0) is 10.0 Å². The van der Waals surface area contributed by atoms with Crippen LogP contribution in [0.2, 0.25) is 0 Å². The SMILES string of the molecule is CC(C)NS(=O)(=O)c1ccc(N2CCC(CN3C(=O)c4ccccc4C3=O)CC2)c([N+](=O)[O-])c1. The summed E-state index contributed by atoms with van der Waals surface area (Å²) in [5.74, 6) is -0.497. The van der Waals surface area contributed by atoms with E-state index in [9.17, 15) is 28.1 Å². The molecule has 2 aliphatic rings. The number of hydrogen-bond donors (Lipinski definition) is 1. The lowest BCUT2D eigenvalue weighted by molar-refractivity contribution is -0.384. The molecule has 2 amide bonds. The summed E-state index contributed by atoms with van der Waals surface area (Å²) in [5.41, 5.74) is 0.920. The number of nitrogens with zero attached hydrogens (tertiary/aromatic N) is 3. The molecule has 0 atom stereocenters. The van der Waals surface area contributed by atoms with E-state index in [0.717, 1.165) is 6.07 Å². The van der Waals surface area contributed by atoms with Gasteiger partial charge in [0.05, 0.1) is 20.9 Å². The van der Waals surface area contributed by atoms with Crippen molar-refractivity contribution < 1.29 is 22.9 Å². The van der Waals surface area contributed by atoms with Gasteiger partial charge in [-0.2, -0.15) is 0 Å². The van der Waals surface area contributed by atoms with Gasteiger partial charge in [0.1, 0.15) is 5.69 Å². The van der Waals surface area contributed by atoms with Crippen molar-refractivity contribution >= 4 is 33.2 Å². The second kappa shape index (κ2) is 9.15. The average molecular weight is 487 g/mol. The Morgan fingerprint density at radius 2 is 1.65 bits per heavy atom. The summed E-state index contributed by atoms with van der Waals surface area (Å²) in [6.45, 7) is 4.63. The number of benzene rings is 2. The number of piperidine rings is 1. The van der Waals surface area contributed by atoms with Crippen molar-refractivity contribution in [2.45, 2.75) is 37.6 Å². The molecule has 0 spiro atoms. The lowest BCUT2D eigenvalue weighted by Gasteiger charge is -2.34. The van der Waals surface area contributed by atoms with Crippen LogP contribution >= 0.6 is 0 Å². The maximum absolute atomic E-state index is 12.6. The molecule has 11 heteroatoms. The predicted molar refractivity (Wildman–Crippen MR) is 125 cm³/mol. The quantitative estimate of drug-likeness (QED) is 0.362. The standard InChI is InChI=1S/C23H26N4O6S/c1-15(2)24-34(32,33)17-7-8-20(21(13-17)27(30)31)25-11-9-16(10-12-25)14-26-22(28)18-5-3-4-6-19(18)23(26)29/h3-8,13,15-16,24H,9-12,14H2,1-2H3. The second-order valence-electron chi connectivity index (χ2n) is 8.88. The van der Waals surface area contributed by atoms with Crippen LogP contribution in [0.3, 0.4) is 0 Å². The van der Waals surface area contributed by atoms with Crippen LogP contribution in [-0.4, -0.2) is 55.7 Å². The normalized spacial score (nSPS) is 16.9. The van der Waals surface area contributed by atoms with Gasteiger partial charge in [-0.3, -0.25) is 24.6 Å². The Morgan fingerprint density at radius 1 is 1.06 bits per heavy atom. The molecule has 10 nitrogen and oxygen atoms in total. The maximum Gasteiger partial charge on any atom is 0.293 e. The Hall–Kier alpha value is -3.31.